The lowest BCUT2D eigenvalue weighted by molar-refractivity contribution is 0.0981. The Labute approximate surface area is 197 Å². The molecule has 0 radical (unpaired) electrons. The van der Waals surface area contributed by atoms with Crippen molar-refractivity contribution in [3.63, 3.8) is 0 Å². The molecule has 176 valence electrons. The molecule has 1 aromatic carbocycles. The molecule has 0 aliphatic carbocycles. The predicted molar refractivity (Wildman–Crippen MR) is 130 cm³/mol. The van der Waals surface area contributed by atoms with Crippen molar-refractivity contribution in [3.05, 3.63) is 77.0 Å². The van der Waals surface area contributed by atoms with Gasteiger partial charge in [-0.15, -0.1) is 0 Å². The molecule has 0 aliphatic heterocycles. The summed E-state index contributed by atoms with van der Waals surface area (Å²) in [6, 6.07) is 6.22. The van der Waals surface area contributed by atoms with Crippen LogP contribution < -0.4 is 10.6 Å². The Hall–Kier alpha value is -4.07. The van der Waals surface area contributed by atoms with Gasteiger partial charge in [0, 0.05) is 32.1 Å². The molecule has 2 N–H and O–H groups in total. The zero-order valence-corrected chi connectivity index (χ0v) is 19.8. The standard InChI is InChI=1S/C26H27FN4O3/c1-7-15-10-17(26(2,3)4)12-20(27)22(15)25(34)31(6)24-19(14-32)18(8-9-29-24)16-11-21(23(28)33)30(5)13-16/h7-14H,1H2,2-6H3,(H2,28,33). The van der Waals surface area contributed by atoms with E-state index in [0.29, 0.717) is 23.0 Å². The summed E-state index contributed by atoms with van der Waals surface area (Å²) in [5.74, 6) is -1.92. The molecule has 0 spiro atoms. The molecule has 3 rings (SSSR count). The van der Waals surface area contributed by atoms with Crippen molar-refractivity contribution in [1.82, 2.24) is 9.55 Å². The second-order valence-electron chi connectivity index (χ2n) is 9.04. The van der Waals surface area contributed by atoms with Gasteiger partial charge < -0.3 is 10.3 Å². The van der Waals surface area contributed by atoms with Gasteiger partial charge in [0.05, 0.1) is 11.1 Å². The Kier molecular flexibility index (Phi) is 6.54. The normalized spacial score (nSPS) is 11.2. The lowest BCUT2D eigenvalue weighted by Gasteiger charge is -2.23. The average Bonchev–Trinajstić information content (AvgIpc) is 3.18. The maximum atomic E-state index is 15.2. The number of nitrogens with zero attached hydrogens (tertiary/aromatic N) is 3. The summed E-state index contributed by atoms with van der Waals surface area (Å²) in [6.45, 7) is 9.57. The number of hydrogen-bond donors (Lipinski definition) is 1. The summed E-state index contributed by atoms with van der Waals surface area (Å²) < 4.78 is 16.7. The molecule has 3 aromatic rings. The number of primary amides is 1. The smallest absolute Gasteiger partial charge is 0.265 e. The van der Waals surface area contributed by atoms with Crippen LogP contribution in [0.25, 0.3) is 17.2 Å². The van der Waals surface area contributed by atoms with Crippen LogP contribution in [-0.4, -0.2) is 34.7 Å². The Morgan fingerprint density at radius 3 is 2.44 bits per heavy atom. The SMILES string of the molecule is C=Cc1cc(C(C)(C)C)cc(F)c1C(=O)N(C)c1nccc(-c2cc(C(N)=O)n(C)c2)c1C=O. The number of pyridine rings is 1. The Morgan fingerprint density at radius 1 is 1.24 bits per heavy atom. The molecule has 2 aromatic heterocycles. The highest BCUT2D eigenvalue weighted by atomic mass is 19.1. The number of carbonyl (C=O) groups is 3. The maximum absolute atomic E-state index is 15.2. The van der Waals surface area contributed by atoms with Gasteiger partial charge in [0.25, 0.3) is 11.8 Å². The highest BCUT2D eigenvalue weighted by Gasteiger charge is 2.27. The van der Waals surface area contributed by atoms with E-state index >= 15 is 4.39 Å². The fourth-order valence-electron chi connectivity index (χ4n) is 3.77. The van der Waals surface area contributed by atoms with E-state index in [0.717, 1.165) is 10.5 Å². The lowest BCUT2D eigenvalue weighted by atomic mass is 9.84. The van der Waals surface area contributed by atoms with Crippen molar-refractivity contribution in [2.75, 3.05) is 11.9 Å². The molecule has 0 saturated heterocycles. The average molecular weight is 463 g/mol. The van der Waals surface area contributed by atoms with Crippen LogP contribution in [0.2, 0.25) is 0 Å². The van der Waals surface area contributed by atoms with Crippen LogP contribution in [0, 0.1) is 5.82 Å². The highest BCUT2D eigenvalue weighted by Crippen LogP contribution is 2.32. The van der Waals surface area contributed by atoms with Gasteiger partial charge in [-0.05, 0) is 40.3 Å². The Morgan fingerprint density at radius 2 is 1.91 bits per heavy atom. The van der Waals surface area contributed by atoms with E-state index in [1.807, 2.05) is 20.8 Å². The fourth-order valence-corrected chi connectivity index (χ4v) is 3.77. The quantitative estimate of drug-likeness (QED) is 0.551. The molecule has 34 heavy (non-hydrogen) atoms. The first-order valence-corrected chi connectivity index (χ1v) is 10.6. The van der Waals surface area contributed by atoms with Crippen molar-refractivity contribution in [3.8, 4) is 11.1 Å². The van der Waals surface area contributed by atoms with Crippen LogP contribution in [0.15, 0.2) is 43.2 Å². The number of carbonyl (C=O) groups excluding carboxylic acids is 3. The molecule has 2 amide bonds. The van der Waals surface area contributed by atoms with E-state index in [-0.39, 0.29) is 28.1 Å². The molecule has 2 heterocycles. The largest absolute Gasteiger partial charge is 0.364 e. The van der Waals surface area contributed by atoms with E-state index in [1.165, 1.54) is 25.4 Å². The number of anilines is 1. The van der Waals surface area contributed by atoms with Crippen LogP contribution in [0.3, 0.4) is 0 Å². The minimum absolute atomic E-state index is 0.0521. The van der Waals surface area contributed by atoms with Crippen molar-refractivity contribution in [2.24, 2.45) is 12.8 Å². The lowest BCUT2D eigenvalue weighted by Crippen LogP contribution is -2.30. The summed E-state index contributed by atoms with van der Waals surface area (Å²) in [4.78, 5) is 42.5. The third-order valence-electron chi connectivity index (χ3n) is 5.70. The summed E-state index contributed by atoms with van der Waals surface area (Å²) in [5.41, 5.74) is 7.36. The molecule has 7 nitrogen and oxygen atoms in total. The number of aromatic nitrogens is 2. The summed E-state index contributed by atoms with van der Waals surface area (Å²) in [5, 5.41) is 0. The second kappa shape index (κ2) is 9.05. The van der Waals surface area contributed by atoms with Crippen molar-refractivity contribution >= 4 is 30.0 Å². The number of nitrogens with two attached hydrogens (primary N) is 1. The first-order chi connectivity index (χ1) is 15.9. The molecule has 0 saturated carbocycles. The number of aryl methyl sites for hydroxylation is 1. The number of hydrogen-bond acceptors (Lipinski definition) is 4. The van der Waals surface area contributed by atoms with Crippen LogP contribution >= 0.6 is 0 Å². The van der Waals surface area contributed by atoms with Gasteiger partial charge in [-0.2, -0.15) is 0 Å². The topological polar surface area (TPSA) is 98.3 Å². The van der Waals surface area contributed by atoms with Crippen LogP contribution in [0.1, 0.15) is 63.1 Å². The van der Waals surface area contributed by atoms with Crippen molar-refractivity contribution in [2.45, 2.75) is 26.2 Å². The molecule has 8 heteroatoms. The number of benzene rings is 1. The summed E-state index contributed by atoms with van der Waals surface area (Å²) in [6.07, 6.45) is 5.09. The van der Waals surface area contributed by atoms with Crippen molar-refractivity contribution in [1.29, 1.82) is 0 Å². The minimum atomic E-state index is -0.683. The van der Waals surface area contributed by atoms with Gasteiger partial charge in [-0.3, -0.25) is 19.3 Å². The molecular weight excluding hydrogens is 435 g/mol. The van der Waals surface area contributed by atoms with Gasteiger partial charge in [-0.25, -0.2) is 9.37 Å². The van der Waals surface area contributed by atoms with E-state index in [1.54, 1.807) is 36.0 Å². The number of rotatable bonds is 6. The number of halogens is 1. The van der Waals surface area contributed by atoms with Gasteiger partial charge >= 0.3 is 0 Å². The zero-order valence-electron chi connectivity index (χ0n) is 19.8. The second-order valence-corrected chi connectivity index (χ2v) is 9.04. The molecule has 0 atom stereocenters. The molecule has 0 unspecified atom stereocenters. The van der Waals surface area contributed by atoms with Gasteiger partial charge in [0.2, 0.25) is 0 Å². The fraction of sp³-hybridized carbons (Fsp3) is 0.231. The molecule has 0 fully saturated rings. The van der Waals surface area contributed by atoms with Crippen molar-refractivity contribution < 1.29 is 18.8 Å². The first-order valence-electron chi connectivity index (χ1n) is 10.6. The van der Waals surface area contributed by atoms with Crippen LogP contribution in [0.5, 0.6) is 0 Å². The third-order valence-corrected chi connectivity index (χ3v) is 5.70. The maximum Gasteiger partial charge on any atom is 0.265 e. The first kappa shape index (κ1) is 24.6. The van der Waals surface area contributed by atoms with E-state index in [2.05, 4.69) is 11.6 Å². The summed E-state index contributed by atoms with van der Waals surface area (Å²) >= 11 is 0. The van der Waals surface area contributed by atoms with Crippen LogP contribution in [-0.2, 0) is 12.5 Å². The molecule has 0 bridgehead atoms. The van der Waals surface area contributed by atoms with Crippen LogP contribution in [0.4, 0.5) is 10.2 Å². The molecular formula is C26H27FN4O3. The van der Waals surface area contributed by atoms with Gasteiger partial charge in [0.15, 0.2) is 6.29 Å². The Balaban J connectivity index is 2.12. The van der Waals surface area contributed by atoms with E-state index in [9.17, 15) is 14.4 Å². The van der Waals surface area contributed by atoms with Gasteiger partial charge in [-0.1, -0.05) is 39.5 Å². The highest BCUT2D eigenvalue weighted by molar-refractivity contribution is 6.10. The Bertz CT molecular complexity index is 1320. The van der Waals surface area contributed by atoms with E-state index in [4.69, 9.17) is 5.73 Å². The zero-order chi connectivity index (χ0) is 25.4. The monoisotopic (exact) mass is 462 g/mol. The molecule has 0 aliphatic rings. The third kappa shape index (κ3) is 4.39. The minimum Gasteiger partial charge on any atom is -0.364 e. The van der Waals surface area contributed by atoms with Gasteiger partial charge in [0.1, 0.15) is 17.3 Å². The number of amides is 2. The number of aldehydes is 1. The van der Waals surface area contributed by atoms with E-state index < -0.39 is 17.6 Å². The predicted octanol–water partition coefficient (Wildman–Crippen LogP) is 4.35. The summed E-state index contributed by atoms with van der Waals surface area (Å²) in [7, 11) is 3.08.